The number of carbonyl (C=O) groups excluding carboxylic acids is 1. The number of nitriles is 1. The van der Waals surface area contributed by atoms with Crippen LogP contribution in [0, 0.1) is 11.3 Å². The second-order valence-corrected chi connectivity index (χ2v) is 5.01. The molecule has 21 heavy (non-hydrogen) atoms. The molecule has 2 rings (SSSR count). The van der Waals surface area contributed by atoms with E-state index >= 15 is 0 Å². The Morgan fingerprint density at radius 3 is 2.71 bits per heavy atom. The summed E-state index contributed by atoms with van der Waals surface area (Å²) in [5.41, 5.74) is 1.91. The van der Waals surface area contributed by atoms with Crippen molar-refractivity contribution in [2.45, 2.75) is 25.8 Å². The van der Waals surface area contributed by atoms with Crippen molar-refractivity contribution in [1.82, 2.24) is 14.7 Å². The van der Waals surface area contributed by atoms with Crippen molar-refractivity contribution in [1.29, 1.82) is 5.26 Å². The highest BCUT2D eigenvalue weighted by Crippen LogP contribution is 2.11. The van der Waals surface area contributed by atoms with Crippen LogP contribution in [0.5, 0.6) is 0 Å². The largest absolute Gasteiger partial charge is 0.342 e. The highest BCUT2D eigenvalue weighted by molar-refractivity contribution is 5.78. The topological polar surface area (TPSA) is 61.9 Å². The summed E-state index contributed by atoms with van der Waals surface area (Å²) in [5.74, 6) is 0.0181. The van der Waals surface area contributed by atoms with Crippen LogP contribution in [0.3, 0.4) is 0 Å². The van der Waals surface area contributed by atoms with E-state index in [2.05, 4.69) is 11.2 Å². The highest BCUT2D eigenvalue weighted by atomic mass is 16.2. The second kappa shape index (κ2) is 6.71. The Kier molecular flexibility index (Phi) is 4.72. The molecule has 5 heteroatoms. The van der Waals surface area contributed by atoms with Gasteiger partial charge in [0.2, 0.25) is 5.91 Å². The average Bonchev–Trinajstić information content (AvgIpc) is 3.01. The highest BCUT2D eigenvalue weighted by Gasteiger charge is 2.15. The van der Waals surface area contributed by atoms with E-state index in [4.69, 9.17) is 5.26 Å². The summed E-state index contributed by atoms with van der Waals surface area (Å²) in [7, 11) is 1.74. The third-order valence-corrected chi connectivity index (χ3v) is 3.50. The predicted octanol–water partition coefficient (Wildman–Crippen LogP) is 2.18. The maximum absolute atomic E-state index is 12.1. The first kappa shape index (κ1) is 14.8. The number of hydrogen-bond acceptors (Lipinski definition) is 3. The van der Waals surface area contributed by atoms with Gasteiger partial charge in [0.25, 0.3) is 0 Å². The summed E-state index contributed by atoms with van der Waals surface area (Å²) in [5, 5.41) is 12.8. The van der Waals surface area contributed by atoms with Gasteiger partial charge in [0.05, 0.1) is 24.6 Å². The minimum atomic E-state index is -0.0640. The Bertz CT molecular complexity index is 625. The first-order valence-electron chi connectivity index (χ1n) is 6.83. The van der Waals surface area contributed by atoms with Crippen molar-refractivity contribution >= 4 is 5.91 Å². The van der Waals surface area contributed by atoms with Crippen molar-refractivity contribution in [3.05, 3.63) is 48.3 Å². The summed E-state index contributed by atoms with van der Waals surface area (Å²) >= 11 is 0. The van der Waals surface area contributed by atoms with Gasteiger partial charge < -0.3 is 4.90 Å². The summed E-state index contributed by atoms with van der Waals surface area (Å²) in [6, 6.07) is 11.6. The molecule has 1 unspecified atom stereocenters. The van der Waals surface area contributed by atoms with Crippen LogP contribution in [0.4, 0.5) is 0 Å². The fourth-order valence-electron chi connectivity index (χ4n) is 2.00. The molecule has 2 aromatic rings. The molecule has 0 N–H and O–H groups in total. The number of carbonyl (C=O) groups is 1. The van der Waals surface area contributed by atoms with E-state index in [1.807, 2.05) is 43.5 Å². The van der Waals surface area contributed by atoms with Crippen LogP contribution in [0.1, 0.15) is 18.9 Å². The standard InChI is InChI=1S/C16H18N4O/c1-13(8-9-17)19(2)16(21)12-14-4-6-15(7-5-14)20-11-3-10-18-20/h3-7,10-11,13H,8,12H2,1-2H3. The maximum atomic E-state index is 12.1. The zero-order valence-corrected chi connectivity index (χ0v) is 12.2. The van der Waals surface area contributed by atoms with Crippen molar-refractivity contribution in [2.75, 3.05) is 7.05 Å². The van der Waals surface area contributed by atoms with Crippen LogP contribution in [0.25, 0.3) is 5.69 Å². The zero-order valence-electron chi connectivity index (χ0n) is 12.2. The van der Waals surface area contributed by atoms with Crippen LogP contribution in [-0.4, -0.2) is 33.7 Å². The third kappa shape index (κ3) is 3.69. The molecule has 1 amide bonds. The molecule has 108 valence electrons. The molecule has 0 fully saturated rings. The van der Waals surface area contributed by atoms with E-state index in [0.717, 1.165) is 11.3 Å². The van der Waals surface area contributed by atoms with E-state index in [9.17, 15) is 4.79 Å². The number of benzene rings is 1. The van der Waals surface area contributed by atoms with Crippen molar-refractivity contribution < 1.29 is 4.79 Å². The van der Waals surface area contributed by atoms with Gasteiger partial charge in [-0.15, -0.1) is 0 Å². The zero-order chi connectivity index (χ0) is 15.2. The lowest BCUT2D eigenvalue weighted by Crippen LogP contribution is -2.35. The number of hydrogen-bond donors (Lipinski definition) is 0. The van der Waals surface area contributed by atoms with Crippen LogP contribution in [-0.2, 0) is 11.2 Å². The smallest absolute Gasteiger partial charge is 0.227 e. The van der Waals surface area contributed by atoms with Gasteiger partial charge in [-0.1, -0.05) is 12.1 Å². The van der Waals surface area contributed by atoms with Gasteiger partial charge in [-0.25, -0.2) is 4.68 Å². The minimum Gasteiger partial charge on any atom is -0.342 e. The van der Waals surface area contributed by atoms with E-state index in [1.54, 1.807) is 22.8 Å². The van der Waals surface area contributed by atoms with Gasteiger partial charge in [-0.3, -0.25) is 4.79 Å². The number of rotatable bonds is 5. The minimum absolute atomic E-state index is 0.0181. The Labute approximate surface area is 124 Å². The average molecular weight is 282 g/mol. The van der Waals surface area contributed by atoms with Gasteiger partial charge in [0, 0.05) is 25.5 Å². The first-order chi connectivity index (χ1) is 10.1. The van der Waals surface area contributed by atoms with Crippen LogP contribution in [0.2, 0.25) is 0 Å². The molecule has 0 aliphatic heterocycles. The van der Waals surface area contributed by atoms with Crippen molar-refractivity contribution in [3.63, 3.8) is 0 Å². The maximum Gasteiger partial charge on any atom is 0.227 e. The van der Waals surface area contributed by atoms with E-state index in [1.165, 1.54) is 0 Å². The molecule has 1 aromatic carbocycles. The summed E-state index contributed by atoms with van der Waals surface area (Å²) in [4.78, 5) is 13.8. The van der Waals surface area contributed by atoms with Crippen LogP contribution < -0.4 is 0 Å². The second-order valence-electron chi connectivity index (χ2n) is 5.01. The summed E-state index contributed by atoms with van der Waals surface area (Å²) in [6.07, 6.45) is 4.28. The molecule has 0 radical (unpaired) electrons. The van der Waals surface area contributed by atoms with Crippen LogP contribution in [0.15, 0.2) is 42.7 Å². The molecule has 0 saturated heterocycles. The van der Waals surface area contributed by atoms with E-state index in [0.29, 0.717) is 12.8 Å². The van der Waals surface area contributed by atoms with Crippen molar-refractivity contribution in [2.24, 2.45) is 0 Å². The molecular formula is C16H18N4O. The Balaban J connectivity index is 2.00. The molecule has 0 saturated carbocycles. The molecule has 1 heterocycles. The normalized spacial score (nSPS) is 11.7. The lowest BCUT2D eigenvalue weighted by atomic mass is 10.1. The number of aromatic nitrogens is 2. The predicted molar refractivity (Wildman–Crippen MR) is 79.7 cm³/mol. The van der Waals surface area contributed by atoms with Gasteiger partial charge >= 0.3 is 0 Å². The van der Waals surface area contributed by atoms with E-state index < -0.39 is 0 Å². The fourth-order valence-corrected chi connectivity index (χ4v) is 2.00. The van der Waals surface area contributed by atoms with Gasteiger partial charge in [0.1, 0.15) is 0 Å². The molecule has 0 aliphatic carbocycles. The summed E-state index contributed by atoms with van der Waals surface area (Å²) in [6.45, 7) is 1.88. The number of amides is 1. The third-order valence-electron chi connectivity index (χ3n) is 3.50. The van der Waals surface area contributed by atoms with Gasteiger partial charge in [-0.2, -0.15) is 10.4 Å². The monoisotopic (exact) mass is 282 g/mol. The first-order valence-corrected chi connectivity index (χ1v) is 6.83. The summed E-state index contributed by atoms with van der Waals surface area (Å²) < 4.78 is 1.77. The van der Waals surface area contributed by atoms with Crippen LogP contribution >= 0.6 is 0 Å². The number of nitrogens with zero attached hydrogens (tertiary/aromatic N) is 4. The quantitative estimate of drug-likeness (QED) is 0.844. The molecule has 0 bridgehead atoms. The molecule has 5 nitrogen and oxygen atoms in total. The van der Waals surface area contributed by atoms with Crippen molar-refractivity contribution in [3.8, 4) is 11.8 Å². The molecule has 0 spiro atoms. The lowest BCUT2D eigenvalue weighted by Gasteiger charge is -2.23. The van der Waals surface area contributed by atoms with Gasteiger partial charge in [0.15, 0.2) is 0 Å². The SMILES string of the molecule is CC(CC#N)N(C)C(=O)Cc1ccc(-n2cccn2)cc1. The fraction of sp³-hybridized carbons (Fsp3) is 0.312. The Hall–Kier alpha value is -2.61. The number of likely N-dealkylation sites (N-methyl/N-ethyl adjacent to an activating group) is 1. The lowest BCUT2D eigenvalue weighted by molar-refractivity contribution is -0.130. The molecule has 1 aromatic heterocycles. The Morgan fingerprint density at radius 2 is 2.14 bits per heavy atom. The Morgan fingerprint density at radius 1 is 1.43 bits per heavy atom. The van der Waals surface area contributed by atoms with E-state index in [-0.39, 0.29) is 11.9 Å². The molecule has 1 atom stereocenters. The van der Waals surface area contributed by atoms with Gasteiger partial charge in [-0.05, 0) is 30.7 Å². The molecular weight excluding hydrogens is 264 g/mol. The molecule has 0 aliphatic rings.